The minimum Gasteiger partial charge on any atom is -0.348 e. The summed E-state index contributed by atoms with van der Waals surface area (Å²) < 4.78 is 3.35. The van der Waals surface area contributed by atoms with Crippen molar-refractivity contribution in [3.8, 4) is 17.3 Å². The van der Waals surface area contributed by atoms with Crippen LogP contribution in [0.3, 0.4) is 0 Å². The van der Waals surface area contributed by atoms with Crippen molar-refractivity contribution in [2.24, 2.45) is 7.05 Å². The highest BCUT2D eigenvalue weighted by atomic mass is 16.1. The van der Waals surface area contributed by atoms with Crippen LogP contribution in [-0.2, 0) is 13.6 Å². The first-order chi connectivity index (χ1) is 13.1. The molecule has 8 heteroatoms. The highest BCUT2D eigenvalue weighted by Gasteiger charge is 2.13. The molecule has 0 aliphatic heterocycles. The van der Waals surface area contributed by atoms with Gasteiger partial charge in [-0.05, 0) is 24.3 Å². The minimum atomic E-state index is -0.209. The Hall–Kier alpha value is -3.99. The number of carbonyl (C=O) groups is 1. The van der Waals surface area contributed by atoms with Gasteiger partial charge < -0.3 is 5.32 Å². The van der Waals surface area contributed by atoms with Crippen LogP contribution in [0.25, 0.3) is 16.9 Å². The fourth-order valence-corrected chi connectivity index (χ4v) is 2.82. The number of fused-ring (bicyclic) bond motifs is 1. The van der Waals surface area contributed by atoms with E-state index in [2.05, 4.69) is 26.6 Å². The second kappa shape index (κ2) is 6.72. The molecule has 0 unspecified atom stereocenters. The van der Waals surface area contributed by atoms with E-state index in [-0.39, 0.29) is 5.91 Å². The van der Waals surface area contributed by atoms with E-state index in [0.29, 0.717) is 23.3 Å². The van der Waals surface area contributed by atoms with Crippen molar-refractivity contribution in [2.45, 2.75) is 6.54 Å². The number of carbonyl (C=O) groups excluding carboxylic acids is 1. The average molecular weight is 357 g/mol. The van der Waals surface area contributed by atoms with E-state index in [1.165, 1.54) is 6.33 Å². The van der Waals surface area contributed by atoms with Crippen LogP contribution in [0.1, 0.15) is 21.5 Å². The van der Waals surface area contributed by atoms with Crippen LogP contribution in [0.4, 0.5) is 0 Å². The molecule has 27 heavy (non-hydrogen) atoms. The molecule has 0 aliphatic rings. The molecule has 0 aliphatic carbocycles. The lowest BCUT2D eigenvalue weighted by Gasteiger charge is -2.09. The SMILES string of the molecule is Cn1cc(CNC(=O)c2cc(-c3ccc(C#N)cc3)n3ncnc3c2)cn1. The summed E-state index contributed by atoms with van der Waals surface area (Å²) in [6.07, 6.45) is 5.01. The molecule has 1 amide bonds. The van der Waals surface area contributed by atoms with Crippen LogP contribution in [0.15, 0.2) is 55.1 Å². The Bertz CT molecular complexity index is 1160. The van der Waals surface area contributed by atoms with Crippen LogP contribution in [0.5, 0.6) is 0 Å². The summed E-state index contributed by atoms with van der Waals surface area (Å²) in [5, 5.41) is 20.2. The summed E-state index contributed by atoms with van der Waals surface area (Å²) in [6, 6.07) is 12.7. The van der Waals surface area contributed by atoms with Gasteiger partial charge in [0, 0.05) is 36.5 Å². The molecule has 0 saturated heterocycles. The summed E-state index contributed by atoms with van der Waals surface area (Å²) in [7, 11) is 1.83. The van der Waals surface area contributed by atoms with Crippen molar-refractivity contribution >= 4 is 11.6 Å². The highest BCUT2D eigenvalue weighted by Crippen LogP contribution is 2.22. The lowest BCUT2D eigenvalue weighted by molar-refractivity contribution is 0.0951. The predicted molar refractivity (Wildman–Crippen MR) is 97.5 cm³/mol. The Labute approximate surface area is 154 Å². The van der Waals surface area contributed by atoms with Crippen LogP contribution >= 0.6 is 0 Å². The number of nitrogens with one attached hydrogen (secondary N) is 1. The van der Waals surface area contributed by atoms with Gasteiger partial charge in [-0.1, -0.05) is 12.1 Å². The Balaban J connectivity index is 1.67. The Morgan fingerprint density at radius 1 is 1.22 bits per heavy atom. The van der Waals surface area contributed by atoms with Crippen LogP contribution in [0, 0.1) is 11.3 Å². The van der Waals surface area contributed by atoms with Gasteiger partial charge in [0.1, 0.15) is 6.33 Å². The molecular weight excluding hydrogens is 342 g/mol. The third kappa shape index (κ3) is 3.26. The van der Waals surface area contributed by atoms with Crippen molar-refractivity contribution in [2.75, 3.05) is 0 Å². The zero-order chi connectivity index (χ0) is 18.8. The van der Waals surface area contributed by atoms with E-state index in [1.807, 2.05) is 25.4 Å². The van der Waals surface area contributed by atoms with Gasteiger partial charge in [-0.25, -0.2) is 9.50 Å². The third-order valence-electron chi connectivity index (χ3n) is 4.16. The lowest BCUT2D eigenvalue weighted by Crippen LogP contribution is -2.23. The Kier molecular flexibility index (Phi) is 4.10. The number of hydrogen-bond acceptors (Lipinski definition) is 5. The molecule has 0 radical (unpaired) electrons. The Morgan fingerprint density at radius 3 is 2.74 bits per heavy atom. The van der Waals surface area contributed by atoms with Crippen molar-refractivity contribution < 1.29 is 4.79 Å². The lowest BCUT2D eigenvalue weighted by atomic mass is 10.1. The van der Waals surface area contributed by atoms with Gasteiger partial charge in [-0.3, -0.25) is 9.48 Å². The van der Waals surface area contributed by atoms with Crippen LogP contribution in [0.2, 0.25) is 0 Å². The van der Waals surface area contributed by atoms with Gasteiger partial charge in [0.25, 0.3) is 5.91 Å². The number of aromatic nitrogens is 5. The maximum absolute atomic E-state index is 12.6. The van der Waals surface area contributed by atoms with Crippen molar-refractivity contribution in [3.05, 3.63) is 71.8 Å². The first-order valence-corrected chi connectivity index (χ1v) is 8.24. The summed E-state index contributed by atoms with van der Waals surface area (Å²) >= 11 is 0. The third-order valence-corrected chi connectivity index (χ3v) is 4.16. The van der Waals surface area contributed by atoms with Crippen molar-refractivity contribution in [1.29, 1.82) is 5.26 Å². The second-order valence-corrected chi connectivity index (χ2v) is 6.05. The standard InChI is InChI=1S/C19H15N7O/c1-25-11-14(10-23-25)9-21-19(27)16-6-17(26-18(7-16)22-12-24-26)15-4-2-13(8-20)3-5-15/h2-7,10-12H,9H2,1H3,(H,21,27). The van der Waals surface area contributed by atoms with Crippen molar-refractivity contribution in [3.63, 3.8) is 0 Å². The van der Waals surface area contributed by atoms with E-state index < -0.39 is 0 Å². The smallest absolute Gasteiger partial charge is 0.251 e. The van der Waals surface area contributed by atoms with E-state index in [1.54, 1.807) is 39.7 Å². The number of nitrogens with zero attached hydrogens (tertiary/aromatic N) is 6. The molecule has 0 spiro atoms. The van der Waals surface area contributed by atoms with Gasteiger partial charge >= 0.3 is 0 Å². The molecule has 4 rings (SSSR count). The highest BCUT2D eigenvalue weighted by molar-refractivity contribution is 5.96. The average Bonchev–Trinajstić information content (AvgIpc) is 3.34. The summed E-state index contributed by atoms with van der Waals surface area (Å²) in [5.74, 6) is -0.209. The minimum absolute atomic E-state index is 0.209. The number of pyridine rings is 1. The molecule has 0 fully saturated rings. The number of nitriles is 1. The van der Waals surface area contributed by atoms with Gasteiger partial charge in [-0.2, -0.15) is 15.5 Å². The Morgan fingerprint density at radius 2 is 2.04 bits per heavy atom. The van der Waals surface area contributed by atoms with Crippen molar-refractivity contribution in [1.82, 2.24) is 29.7 Å². The van der Waals surface area contributed by atoms with Gasteiger partial charge in [-0.15, -0.1) is 0 Å². The van der Waals surface area contributed by atoms with Gasteiger partial charge in [0.2, 0.25) is 0 Å². The number of hydrogen-bond donors (Lipinski definition) is 1. The topological polar surface area (TPSA) is 101 Å². The molecule has 3 heterocycles. The van der Waals surface area contributed by atoms with E-state index in [9.17, 15) is 4.79 Å². The monoisotopic (exact) mass is 357 g/mol. The largest absolute Gasteiger partial charge is 0.348 e. The van der Waals surface area contributed by atoms with Crippen LogP contribution in [-0.4, -0.2) is 30.3 Å². The van der Waals surface area contributed by atoms with E-state index in [0.717, 1.165) is 16.8 Å². The number of rotatable bonds is 4. The molecule has 0 atom stereocenters. The predicted octanol–water partition coefficient (Wildman–Crippen LogP) is 1.93. The zero-order valence-corrected chi connectivity index (χ0v) is 14.5. The van der Waals surface area contributed by atoms with Gasteiger partial charge in [0.15, 0.2) is 5.65 Å². The molecule has 3 aromatic heterocycles. The van der Waals surface area contributed by atoms with E-state index in [4.69, 9.17) is 5.26 Å². The first kappa shape index (κ1) is 16.5. The number of benzene rings is 1. The maximum atomic E-state index is 12.6. The molecule has 132 valence electrons. The molecule has 4 aromatic rings. The molecule has 1 N–H and O–H groups in total. The van der Waals surface area contributed by atoms with Crippen LogP contribution < -0.4 is 5.32 Å². The molecular formula is C19H15N7O. The number of aryl methyl sites for hydroxylation is 1. The summed E-state index contributed by atoms with van der Waals surface area (Å²) in [4.78, 5) is 16.8. The quantitative estimate of drug-likeness (QED) is 0.601. The van der Waals surface area contributed by atoms with E-state index >= 15 is 0 Å². The summed E-state index contributed by atoms with van der Waals surface area (Å²) in [6.45, 7) is 0.386. The fraction of sp³-hybridized carbons (Fsp3) is 0.105. The molecule has 0 saturated carbocycles. The molecule has 1 aromatic carbocycles. The second-order valence-electron chi connectivity index (χ2n) is 6.05. The van der Waals surface area contributed by atoms with Gasteiger partial charge in [0.05, 0.1) is 23.5 Å². The maximum Gasteiger partial charge on any atom is 0.251 e. The fourth-order valence-electron chi connectivity index (χ4n) is 2.82. The normalized spacial score (nSPS) is 10.7. The number of amides is 1. The zero-order valence-electron chi connectivity index (χ0n) is 14.5. The molecule has 0 bridgehead atoms. The first-order valence-electron chi connectivity index (χ1n) is 8.24. The molecule has 8 nitrogen and oxygen atoms in total. The summed E-state index contributed by atoms with van der Waals surface area (Å²) in [5.41, 5.74) is 4.11.